The average Bonchev–Trinajstić information content (AvgIpc) is 3.15. The van der Waals surface area contributed by atoms with Crippen molar-refractivity contribution in [1.82, 2.24) is 29.8 Å². The van der Waals surface area contributed by atoms with Gasteiger partial charge in [-0.25, -0.2) is 9.67 Å². The molecule has 0 bridgehead atoms. The molecule has 1 aromatic carbocycles. The molecule has 0 aliphatic heterocycles. The van der Waals surface area contributed by atoms with E-state index in [4.69, 9.17) is 0 Å². The number of hydrogen-bond acceptors (Lipinski definition) is 5. The fourth-order valence-corrected chi connectivity index (χ4v) is 2.74. The second-order valence-corrected chi connectivity index (χ2v) is 5.36. The average molecular weight is 322 g/mol. The number of hydrogen-bond donors (Lipinski definition) is 0. The van der Waals surface area contributed by atoms with Crippen molar-refractivity contribution in [2.75, 3.05) is 0 Å². The van der Waals surface area contributed by atoms with Crippen molar-refractivity contribution in [3.8, 4) is 0 Å². The normalized spacial score (nSPS) is 11.2. The van der Waals surface area contributed by atoms with Crippen LogP contribution in [0.5, 0.6) is 0 Å². The summed E-state index contributed by atoms with van der Waals surface area (Å²) in [4.78, 5) is 3.93. The molecule has 0 aliphatic carbocycles. The zero-order chi connectivity index (χ0) is 15.4. The zero-order valence-electron chi connectivity index (χ0n) is 11.4. The number of alkyl halides is 2. The third-order valence-electron chi connectivity index (χ3n) is 2.96. The third kappa shape index (κ3) is 3.30. The van der Waals surface area contributed by atoms with Crippen molar-refractivity contribution < 1.29 is 8.78 Å². The number of tetrazole rings is 1. The first-order valence-electron chi connectivity index (χ1n) is 6.47. The monoisotopic (exact) mass is 322 g/mol. The fraction of sp³-hybridized carbons (Fsp3) is 0.231. The molecule has 3 rings (SSSR count). The first-order valence-corrected chi connectivity index (χ1v) is 7.45. The van der Waals surface area contributed by atoms with Crippen LogP contribution in [0.15, 0.2) is 47.9 Å². The molecular weight excluding hydrogens is 310 g/mol. The van der Waals surface area contributed by atoms with Crippen LogP contribution in [-0.4, -0.2) is 29.8 Å². The molecule has 3 aromatic rings. The number of imidazole rings is 1. The number of aromatic nitrogens is 6. The summed E-state index contributed by atoms with van der Waals surface area (Å²) in [6, 6.07) is 9.75. The highest BCUT2D eigenvalue weighted by molar-refractivity contribution is 7.98. The Kier molecular flexibility index (Phi) is 4.42. The summed E-state index contributed by atoms with van der Waals surface area (Å²) in [5.74, 6) is 0.557. The molecule has 2 heterocycles. The van der Waals surface area contributed by atoms with Gasteiger partial charge in [-0.15, -0.1) is 5.10 Å². The van der Waals surface area contributed by atoms with E-state index in [-0.39, 0.29) is 11.6 Å². The molecule has 114 valence electrons. The van der Waals surface area contributed by atoms with Crippen molar-refractivity contribution in [3.05, 3.63) is 54.1 Å². The van der Waals surface area contributed by atoms with Crippen molar-refractivity contribution in [3.63, 3.8) is 0 Å². The molecule has 0 radical (unpaired) electrons. The quantitative estimate of drug-likeness (QED) is 0.653. The van der Waals surface area contributed by atoms with Gasteiger partial charge in [-0.05, 0) is 16.0 Å². The number of nitrogens with zero attached hydrogens (tertiary/aromatic N) is 6. The van der Waals surface area contributed by atoms with E-state index in [1.807, 2.05) is 30.3 Å². The Labute approximate surface area is 129 Å². The van der Waals surface area contributed by atoms with Crippen LogP contribution in [-0.2, 0) is 12.3 Å². The van der Waals surface area contributed by atoms with Gasteiger partial charge in [0, 0.05) is 12.4 Å². The van der Waals surface area contributed by atoms with Crippen molar-refractivity contribution in [1.29, 1.82) is 0 Å². The molecule has 22 heavy (non-hydrogen) atoms. The Morgan fingerprint density at radius 3 is 2.77 bits per heavy atom. The molecule has 9 heteroatoms. The highest BCUT2D eigenvalue weighted by atomic mass is 32.2. The van der Waals surface area contributed by atoms with Gasteiger partial charge in [0.05, 0.1) is 12.3 Å². The maximum absolute atomic E-state index is 12.8. The van der Waals surface area contributed by atoms with Gasteiger partial charge in [0.2, 0.25) is 5.16 Å². The summed E-state index contributed by atoms with van der Waals surface area (Å²) in [6.07, 6.45) is 2.61. The molecule has 0 saturated heterocycles. The molecule has 0 atom stereocenters. The predicted molar refractivity (Wildman–Crippen MR) is 76.4 cm³/mol. The molecule has 0 N–H and O–H groups in total. The summed E-state index contributed by atoms with van der Waals surface area (Å²) in [5.41, 5.74) is 1.06. The second-order valence-electron chi connectivity index (χ2n) is 4.42. The van der Waals surface area contributed by atoms with E-state index in [0.717, 1.165) is 10.1 Å². The van der Waals surface area contributed by atoms with Crippen LogP contribution in [0.4, 0.5) is 8.78 Å². The lowest BCUT2D eigenvalue weighted by atomic mass is 10.2. The van der Waals surface area contributed by atoms with Crippen LogP contribution in [0.2, 0.25) is 0 Å². The van der Waals surface area contributed by atoms with Gasteiger partial charge >= 0.3 is 6.55 Å². The second kappa shape index (κ2) is 6.65. The fourth-order valence-electron chi connectivity index (χ4n) is 1.92. The lowest BCUT2D eigenvalue weighted by Gasteiger charge is -2.06. The number of thioether (sulfide) groups is 1. The first kappa shape index (κ1) is 14.6. The van der Waals surface area contributed by atoms with Crippen LogP contribution in [0.25, 0.3) is 0 Å². The standard InChI is InChI=1S/C13H12F2N6S/c14-12(15)20-7-6-16-11(20)9-22-13-17-18-19-21(13)8-10-4-2-1-3-5-10/h1-7,12H,8-9H2. The largest absolute Gasteiger partial charge is 0.319 e. The molecule has 0 unspecified atom stereocenters. The van der Waals surface area contributed by atoms with E-state index in [1.165, 1.54) is 24.2 Å². The van der Waals surface area contributed by atoms with E-state index in [2.05, 4.69) is 20.5 Å². The molecule has 2 aromatic heterocycles. The Hall–Kier alpha value is -2.29. The van der Waals surface area contributed by atoms with E-state index < -0.39 is 6.55 Å². The molecular formula is C13H12F2N6S. The molecule has 0 amide bonds. The summed E-state index contributed by atoms with van der Waals surface area (Å²) in [7, 11) is 0. The molecule has 0 aliphatic rings. The highest BCUT2D eigenvalue weighted by Crippen LogP contribution is 2.22. The van der Waals surface area contributed by atoms with Gasteiger partial charge < -0.3 is 0 Å². The smallest absolute Gasteiger partial charge is 0.277 e. The topological polar surface area (TPSA) is 61.4 Å². The van der Waals surface area contributed by atoms with E-state index in [9.17, 15) is 8.78 Å². The maximum Gasteiger partial charge on any atom is 0.319 e. The van der Waals surface area contributed by atoms with Crippen LogP contribution >= 0.6 is 11.8 Å². The predicted octanol–water partition coefficient (Wildman–Crippen LogP) is 2.61. The third-order valence-corrected chi connectivity index (χ3v) is 3.92. The van der Waals surface area contributed by atoms with Gasteiger partial charge in [0.15, 0.2) is 0 Å². The molecule has 0 spiro atoms. The number of halogens is 2. The van der Waals surface area contributed by atoms with E-state index in [0.29, 0.717) is 11.7 Å². The molecule has 6 nitrogen and oxygen atoms in total. The minimum absolute atomic E-state index is 0.270. The van der Waals surface area contributed by atoms with Gasteiger partial charge in [-0.1, -0.05) is 42.1 Å². The van der Waals surface area contributed by atoms with Crippen LogP contribution in [0, 0.1) is 0 Å². The summed E-state index contributed by atoms with van der Waals surface area (Å²) < 4.78 is 28.0. The van der Waals surface area contributed by atoms with Crippen LogP contribution in [0.3, 0.4) is 0 Å². The van der Waals surface area contributed by atoms with Gasteiger partial charge in [0.25, 0.3) is 0 Å². The Bertz CT molecular complexity index is 727. The SMILES string of the molecule is FC(F)n1ccnc1CSc1nnnn1Cc1ccccc1. The number of rotatable bonds is 6. The Morgan fingerprint density at radius 1 is 1.18 bits per heavy atom. The van der Waals surface area contributed by atoms with Crippen LogP contribution in [0.1, 0.15) is 17.9 Å². The van der Waals surface area contributed by atoms with Crippen molar-refractivity contribution in [2.24, 2.45) is 0 Å². The minimum Gasteiger partial charge on any atom is -0.277 e. The lowest BCUT2D eigenvalue weighted by Crippen LogP contribution is -2.05. The van der Waals surface area contributed by atoms with Crippen LogP contribution < -0.4 is 0 Å². The minimum atomic E-state index is -2.60. The molecule has 0 fully saturated rings. The van der Waals surface area contributed by atoms with E-state index in [1.54, 1.807) is 4.68 Å². The molecule has 0 saturated carbocycles. The van der Waals surface area contributed by atoms with Gasteiger partial charge in [-0.2, -0.15) is 8.78 Å². The number of benzene rings is 1. The maximum atomic E-state index is 12.8. The van der Waals surface area contributed by atoms with Gasteiger partial charge in [-0.3, -0.25) is 4.57 Å². The van der Waals surface area contributed by atoms with E-state index >= 15 is 0 Å². The summed E-state index contributed by atoms with van der Waals surface area (Å²) in [5, 5.41) is 12.1. The lowest BCUT2D eigenvalue weighted by molar-refractivity contribution is 0.0678. The van der Waals surface area contributed by atoms with Crippen molar-refractivity contribution >= 4 is 11.8 Å². The first-order chi connectivity index (χ1) is 10.7. The highest BCUT2D eigenvalue weighted by Gasteiger charge is 2.14. The summed E-state index contributed by atoms with van der Waals surface area (Å²) >= 11 is 1.27. The van der Waals surface area contributed by atoms with Crippen molar-refractivity contribution in [2.45, 2.75) is 24.0 Å². The summed E-state index contributed by atoms with van der Waals surface area (Å²) in [6.45, 7) is -2.07. The van der Waals surface area contributed by atoms with Gasteiger partial charge in [0.1, 0.15) is 5.82 Å². The zero-order valence-corrected chi connectivity index (χ0v) is 12.2. The Morgan fingerprint density at radius 2 is 2.00 bits per heavy atom. The Balaban J connectivity index is 1.69.